The van der Waals surface area contributed by atoms with Crippen LogP contribution in [0.4, 0.5) is 18.9 Å². The van der Waals surface area contributed by atoms with Crippen molar-refractivity contribution in [2.45, 2.75) is 32.1 Å². The van der Waals surface area contributed by atoms with Gasteiger partial charge in [0.15, 0.2) is 0 Å². The van der Waals surface area contributed by atoms with Crippen LogP contribution in [0.3, 0.4) is 0 Å². The van der Waals surface area contributed by atoms with Gasteiger partial charge in [-0.15, -0.1) is 0 Å². The molecule has 1 amide bonds. The van der Waals surface area contributed by atoms with E-state index in [9.17, 15) is 18.0 Å². The van der Waals surface area contributed by atoms with Gasteiger partial charge in [-0.05, 0) is 35.7 Å². The van der Waals surface area contributed by atoms with Crippen molar-refractivity contribution in [1.82, 2.24) is 5.32 Å². The van der Waals surface area contributed by atoms with Crippen LogP contribution in [-0.4, -0.2) is 12.5 Å². The van der Waals surface area contributed by atoms with Gasteiger partial charge in [-0.25, -0.2) is 0 Å². The van der Waals surface area contributed by atoms with E-state index in [-0.39, 0.29) is 5.91 Å². The SMILES string of the molecule is O=C1CCCN1c1ccc(CNCc2cccc(C(F)(F)F)c2)cc1. The fraction of sp³-hybridized carbons (Fsp3) is 0.316. The summed E-state index contributed by atoms with van der Waals surface area (Å²) in [4.78, 5) is 13.5. The number of hydrogen-bond donors (Lipinski definition) is 1. The van der Waals surface area contributed by atoms with Crippen LogP contribution in [-0.2, 0) is 24.1 Å². The zero-order chi connectivity index (χ0) is 17.9. The highest BCUT2D eigenvalue weighted by Gasteiger charge is 2.30. The second-order valence-corrected chi connectivity index (χ2v) is 6.12. The van der Waals surface area contributed by atoms with E-state index in [1.54, 1.807) is 11.0 Å². The van der Waals surface area contributed by atoms with Crippen molar-refractivity contribution in [3.63, 3.8) is 0 Å². The van der Waals surface area contributed by atoms with Crippen LogP contribution >= 0.6 is 0 Å². The average molecular weight is 348 g/mol. The Kier molecular flexibility index (Phi) is 5.08. The predicted octanol–water partition coefficient (Wildman–Crippen LogP) is 4.12. The minimum atomic E-state index is -4.32. The highest BCUT2D eigenvalue weighted by molar-refractivity contribution is 5.95. The fourth-order valence-electron chi connectivity index (χ4n) is 2.92. The Bertz CT molecular complexity index is 741. The number of anilines is 1. The van der Waals surface area contributed by atoms with E-state index in [0.717, 1.165) is 36.3 Å². The summed E-state index contributed by atoms with van der Waals surface area (Å²) in [7, 11) is 0. The Morgan fingerprint density at radius 2 is 1.72 bits per heavy atom. The quantitative estimate of drug-likeness (QED) is 0.881. The number of hydrogen-bond acceptors (Lipinski definition) is 2. The van der Waals surface area contributed by atoms with Crippen LogP contribution in [0.5, 0.6) is 0 Å². The number of amides is 1. The number of benzene rings is 2. The summed E-state index contributed by atoms with van der Waals surface area (Å²) in [6, 6.07) is 13.0. The molecular weight excluding hydrogens is 329 g/mol. The molecule has 0 aromatic heterocycles. The second-order valence-electron chi connectivity index (χ2n) is 6.12. The molecule has 1 aliphatic heterocycles. The molecule has 0 unspecified atom stereocenters. The maximum atomic E-state index is 12.7. The minimum absolute atomic E-state index is 0.149. The largest absolute Gasteiger partial charge is 0.416 e. The maximum absolute atomic E-state index is 12.7. The van der Waals surface area contributed by atoms with Crippen molar-refractivity contribution in [1.29, 1.82) is 0 Å². The van der Waals surface area contributed by atoms with Crippen molar-refractivity contribution >= 4 is 11.6 Å². The number of halogens is 3. The molecule has 6 heteroatoms. The first-order chi connectivity index (χ1) is 11.9. The molecule has 0 aliphatic carbocycles. The zero-order valence-electron chi connectivity index (χ0n) is 13.6. The van der Waals surface area contributed by atoms with Crippen molar-refractivity contribution in [3.8, 4) is 0 Å². The molecule has 0 spiro atoms. The highest BCUT2D eigenvalue weighted by Crippen LogP contribution is 2.29. The lowest BCUT2D eigenvalue weighted by Gasteiger charge is -2.16. The summed E-state index contributed by atoms with van der Waals surface area (Å²) in [5, 5.41) is 3.15. The van der Waals surface area contributed by atoms with Gasteiger partial charge in [-0.2, -0.15) is 13.2 Å². The molecule has 2 aromatic carbocycles. The van der Waals surface area contributed by atoms with Crippen LogP contribution in [0.2, 0.25) is 0 Å². The van der Waals surface area contributed by atoms with Gasteiger partial charge in [0, 0.05) is 31.7 Å². The fourth-order valence-corrected chi connectivity index (χ4v) is 2.92. The molecule has 0 saturated carbocycles. The molecule has 1 fully saturated rings. The number of carbonyl (C=O) groups excluding carboxylic acids is 1. The molecule has 3 nitrogen and oxygen atoms in total. The van der Waals surface area contributed by atoms with Crippen LogP contribution in [0.25, 0.3) is 0 Å². The summed E-state index contributed by atoms with van der Waals surface area (Å²) >= 11 is 0. The van der Waals surface area contributed by atoms with E-state index in [0.29, 0.717) is 25.1 Å². The van der Waals surface area contributed by atoms with Gasteiger partial charge >= 0.3 is 6.18 Å². The van der Waals surface area contributed by atoms with Crippen LogP contribution in [0, 0.1) is 0 Å². The number of nitrogens with zero attached hydrogens (tertiary/aromatic N) is 1. The van der Waals surface area contributed by atoms with E-state index in [1.807, 2.05) is 24.3 Å². The van der Waals surface area contributed by atoms with Crippen molar-refractivity contribution in [2.75, 3.05) is 11.4 Å². The van der Waals surface area contributed by atoms with Crippen molar-refractivity contribution in [3.05, 3.63) is 65.2 Å². The first-order valence-electron chi connectivity index (χ1n) is 8.20. The van der Waals surface area contributed by atoms with Gasteiger partial charge in [0.05, 0.1) is 5.56 Å². The molecule has 132 valence electrons. The average Bonchev–Trinajstić information content (AvgIpc) is 3.01. The molecule has 1 aliphatic rings. The van der Waals surface area contributed by atoms with E-state index >= 15 is 0 Å². The van der Waals surface area contributed by atoms with Crippen LogP contribution in [0.1, 0.15) is 29.5 Å². The van der Waals surface area contributed by atoms with E-state index in [4.69, 9.17) is 0 Å². The third-order valence-electron chi connectivity index (χ3n) is 4.23. The maximum Gasteiger partial charge on any atom is 0.416 e. The highest BCUT2D eigenvalue weighted by atomic mass is 19.4. The molecule has 3 rings (SSSR count). The third-order valence-corrected chi connectivity index (χ3v) is 4.23. The summed E-state index contributed by atoms with van der Waals surface area (Å²) in [6.45, 7) is 1.66. The molecule has 25 heavy (non-hydrogen) atoms. The minimum Gasteiger partial charge on any atom is -0.312 e. The first-order valence-corrected chi connectivity index (χ1v) is 8.20. The summed E-state index contributed by atoms with van der Waals surface area (Å²) in [5.41, 5.74) is 1.87. The van der Waals surface area contributed by atoms with Crippen molar-refractivity contribution < 1.29 is 18.0 Å². The lowest BCUT2D eigenvalue weighted by Crippen LogP contribution is -2.23. The standard InChI is InChI=1S/C19H19F3N2O/c20-19(21,22)16-4-1-3-15(11-16)13-23-12-14-6-8-17(9-7-14)24-10-2-5-18(24)25/h1,3-4,6-9,11,23H,2,5,10,12-13H2. The zero-order valence-corrected chi connectivity index (χ0v) is 13.6. The summed E-state index contributed by atoms with van der Waals surface area (Å²) in [5.74, 6) is 0.149. The molecule has 1 N–H and O–H groups in total. The second kappa shape index (κ2) is 7.27. The molecule has 2 aromatic rings. The normalized spacial score (nSPS) is 15.0. The molecule has 1 heterocycles. The third kappa shape index (κ3) is 4.39. The molecule has 1 saturated heterocycles. The van der Waals surface area contributed by atoms with Crippen molar-refractivity contribution in [2.24, 2.45) is 0 Å². The first kappa shape index (κ1) is 17.5. The Hall–Kier alpha value is -2.34. The van der Waals surface area contributed by atoms with Gasteiger partial charge in [-0.1, -0.05) is 30.3 Å². The van der Waals surface area contributed by atoms with Crippen LogP contribution < -0.4 is 10.2 Å². The lowest BCUT2D eigenvalue weighted by molar-refractivity contribution is -0.137. The van der Waals surface area contributed by atoms with Crippen LogP contribution in [0.15, 0.2) is 48.5 Å². The van der Waals surface area contributed by atoms with E-state index in [2.05, 4.69) is 5.32 Å². The monoisotopic (exact) mass is 348 g/mol. The van der Waals surface area contributed by atoms with E-state index < -0.39 is 11.7 Å². The van der Waals surface area contributed by atoms with Gasteiger partial charge < -0.3 is 10.2 Å². The Labute approximate surface area is 144 Å². The molecule has 0 radical (unpaired) electrons. The number of rotatable bonds is 5. The Morgan fingerprint density at radius 1 is 1.00 bits per heavy atom. The summed E-state index contributed by atoms with van der Waals surface area (Å²) in [6.07, 6.45) is -2.84. The van der Waals surface area contributed by atoms with Gasteiger partial charge in [0.25, 0.3) is 0 Å². The molecule has 0 atom stereocenters. The van der Waals surface area contributed by atoms with Gasteiger partial charge in [0.2, 0.25) is 5.91 Å². The lowest BCUT2D eigenvalue weighted by atomic mass is 10.1. The van der Waals surface area contributed by atoms with Gasteiger partial charge in [0.1, 0.15) is 0 Å². The Balaban J connectivity index is 1.55. The van der Waals surface area contributed by atoms with Gasteiger partial charge in [-0.3, -0.25) is 4.79 Å². The molecular formula is C19H19F3N2O. The topological polar surface area (TPSA) is 32.3 Å². The number of nitrogens with one attached hydrogen (secondary N) is 1. The Morgan fingerprint density at radius 3 is 2.36 bits per heavy atom. The number of carbonyl (C=O) groups is 1. The molecule has 0 bridgehead atoms. The summed E-state index contributed by atoms with van der Waals surface area (Å²) < 4.78 is 38.1. The van der Waals surface area contributed by atoms with E-state index in [1.165, 1.54) is 6.07 Å². The predicted molar refractivity (Wildman–Crippen MR) is 90.0 cm³/mol. The number of alkyl halides is 3. The smallest absolute Gasteiger partial charge is 0.312 e.